The van der Waals surface area contributed by atoms with Crippen LogP contribution in [0.25, 0.3) is 22.3 Å². The summed E-state index contributed by atoms with van der Waals surface area (Å²) in [6.07, 6.45) is -4.48. The first kappa shape index (κ1) is 21.4. The van der Waals surface area contributed by atoms with Crippen LogP contribution in [0.4, 0.5) is 17.6 Å². The molecule has 0 aliphatic rings. The lowest BCUT2D eigenvalue weighted by Gasteiger charge is -2.14. The van der Waals surface area contributed by atoms with E-state index in [-0.39, 0.29) is 29.7 Å². The van der Waals surface area contributed by atoms with Gasteiger partial charge in [-0.2, -0.15) is 13.2 Å². The smallest absolute Gasteiger partial charge is 0.416 e. The van der Waals surface area contributed by atoms with Crippen molar-refractivity contribution in [2.24, 2.45) is 0 Å². The summed E-state index contributed by atoms with van der Waals surface area (Å²) in [6.45, 7) is -0.887. The molecule has 0 saturated carbocycles. The molecule has 30 heavy (non-hydrogen) atoms. The lowest BCUT2D eigenvalue weighted by Crippen LogP contribution is -2.04. The van der Waals surface area contributed by atoms with E-state index >= 15 is 0 Å². The van der Waals surface area contributed by atoms with Crippen molar-refractivity contribution in [3.8, 4) is 28.0 Å². The van der Waals surface area contributed by atoms with Crippen molar-refractivity contribution in [1.82, 2.24) is 0 Å². The zero-order valence-corrected chi connectivity index (χ0v) is 15.7. The normalized spacial score (nSPS) is 11.5. The first-order valence-electron chi connectivity index (χ1n) is 9.09. The predicted octanol–water partition coefficient (Wildman–Crippen LogP) is 6.23. The number of benzene rings is 3. The van der Waals surface area contributed by atoms with Crippen molar-refractivity contribution in [1.29, 1.82) is 0 Å². The molecule has 0 radical (unpaired) electrons. The molecular formula is C23H18F4O3. The minimum absolute atomic E-state index is 0.0227. The maximum Gasteiger partial charge on any atom is 0.416 e. The molecule has 0 spiro atoms. The van der Waals surface area contributed by atoms with Gasteiger partial charge in [-0.3, -0.25) is 4.79 Å². The lowest BCUT2D eigenvalue weighted by molar-refractivity contribution is -0.138. The van der Waals surface area contributed by atoms with Crippen LogP contribution in [-0.4, -0.2) is 16.2 Å². The monoisotopic (exact) mass is 418 g/mol. The minimum atomic E-state index is -4.50. The van der Waals surface area contributed by atoms with Gasteiger partial charge < -0.3 is 10.2 Å². The molecule has 2 N–H and O–H groups in total. The van der Waals surface area contributed by atoms with Crippen molar-refractivity contribution < 1.29 is 32.6 Å². The van der Waals surface area contributed by atoms with Gasteiger partial charge in [0.1, 0.15) is 12.4 Å². The number of phenolic OH excluding ortho intramolecular Hbond substituents is 1. The molecule has 0 fully saturated rings. The fourth-order valence-corrected chi connectivity index (χ4v) is 3.33. The van der Waals surface area contributed by atoms with E-state index in [4.69, 9.17) is 5.11 Å². The molecule has 0 aliphatic carbocycles. The molecule has 0 aromatic heterocycles. The quantitative estimate of drug-likeness (QED) is 0.467. The van der Waals surface area contributed by atoms with Crippen LogP contribution in [-0.2, 0) is 24.1 Å². The highest BCUT2D eigenvalue weighted by molar-refractivity contribution is 5.76. The summed E-state index contributed by atoms with van der Waals surface area (Å²) in [6, 6.07) is 13.9. The molecule has 3 rings (SSSR count). The average Bonchev–Trinajstić information content (AvgIpc) is 2.71. The first-order valence-corrected chi connectivity index (χ1v) is 9.09. The van der Waals surface area contributed by atoms with E-state index in [9.17, 15) is 27.5 Å². The third-order valence-electron chi connectivity index (χ3n) is 4.76. The van der Waals surface area contributed by atoms with Gasteiger partial charge in [-0.15, -0.1) is 0 Å². The van der Waals surface area contributed by atoms with Crippen molar-refractivity contribution in [2.75, 3.05) is 0 Å². The summed E-state index contributed by atoms with van der Waals surface area (Å²) in [4.78, 5) is 10.9. The van der Waals surface area contributed by atoms with Gasteiger partial charge in [-0.25, -0.2) is 4.39 Å². The van der Waals surface area contributed by atoms with Crippen molar-refractivity contribution in [3.05, 3.63) is 77.4 Å². The Balaban J connectivity index is 2.05. The molecule has 0 saturated heterocycles. The molecule has 3 nitrogen and oxygen atoms in total. The van der Waals surface area contributed by atoms with Crippen LogP contribution in [0, 0.1) is 0 Å². The summed E-state index contributed by atoms with van der Waals surface area (Å²) >= 11 is 0. The molecular weight excluding hydrogens is 400 g/mol. The maximum absolute atomic E-state index is 13.8. The van der Waals surface area contributed by atoms with E-state index in [2.05, 4.69) is 0 Å². The SMILES string of the molecule is O=C(O)CCc1cc(O)ccc1-c1ccc(-c2cccc(C(F)(F)F)c2)c(CF)c1. The second-order valence-corrected chi connectivity index (χ2v) is 6.82. The molecule has 3 aromatic rings. The third-order valence-corrected chi connectivity index (χ3v) is 4.76. The number of carbonyl (C=O) groups is 1. The van der Waals surface area contributed by atoms with E-state index in [0.29, 0.717) is 22.3 Å². The second kappa shape index (κ2) is 8.57. The standard InChI is InChI=1S/C23H18F4O3/c24-13-17-10-15(20-8-6-19(28)12-16(20)5-9-22(29)30)4-7-21(17)14-2-1-3-18(11-14)23(25,26)27/h1-4,6-8,10-12,28H,5,9,13H2,(H,29,30). The van der Waals surface area contributed by atoms with E-state index in [0.717, 1.165) is 12.1 Å². The Hall–Kier alpha value is -3.35. The number of halogens is 4. The van der Waals surface area contributed by atoms with Gasteiger partial charge in [0.25, 0.3) is 0 Å². The number of aliphatic carboxylic acids is 1. The summed E-state index contributed by atoms with van der Waals surface area (Å²) in [5, 5.41) is 18.7. The van der Waals surface area contributed by atoms with Crippen LogP contribution in [0.15, 0.2) is 60.7 Å². The van der Waals surface area contributed by atoms with Crippen LogP contribution < -0.4 is 0 Å². The summed E-state index contributed by atoms with van der Waals surface area (Å²) in [7, 11) is 0. The Morgan fingerprint density at radius 3 is 2.20 bits per heavy atom. The largest absolute Gasteiger partial charge is 0.508 e. The molecule has 156 valence electrons. The maximum atomic E-state index is 13.8. The molecule has 7 heteroatoms. The van der Waals surface area contributed by atoms with Crippen molar-refractivity contribution in [3.63, 3.8) is 0 Å². The number of phenols is 1. The van der Waals surface area contributed by atoms with Crippen LogP contribution in [0.5, 0.6) is 5.75 Å². The number of aromatic hydroxyl groups is 1. The Morgan fingerprint density at radius 2 is 1.53 bits per heavy atom. The fraction of sp³-hybridized carbons (Fsp3) is 0.174. The van der Waals surface area contributed by atoms with E-state index < -0.39 is 24.4 Å². The van der Waals surface area contributed by atoms with Gasteiger partial charge in [0, 0.05) is 6.42 Å². The Kier molecular flexibility index (Phi) is 6.10. The number of hydrogen-bond acceptors (Lipinski definition) is 2. The summed E-state index contributed by atoms with van der Waals surface area (Å²) in [5.74, 6) is -1.01. The van der Waals surface area contributed by atoms with Gasteiger partial charge in [0.05, 0.1) is 5.56 Å². The molecule has 0 atom stereocenters. The van der Waals surface area contributed by atoms with E-state index in [1.807, 2.05) is 0 Å². The highest BCUT2D eigenvalue weighted by Crippen LogP contribution is 2.36. The van der Waals surface area contributed by atoms with E-state index in [1.165, 1.54) is 30.3 Å². The number of carboxylic acid groups (broad SMARTS) is 1. The van der Waals surface area contributed by atoms with Crippen molar-refractivity contribution in [2.45, 2.75) is 25.7 Å². The number of carboxylic acids is 1. The molecule has 0 heterocycles. The van der Waals surface area contributed by atoms with E-state index in [1.54, 1.807) is 18.2 Å². The topological polar surface area (TPSA) is 57.5 Å². The first-order chi connectivity index (χ1) is 14.2. The van der Waals surface area contributed by atoms with Gasteiger partial charge in [-0.1, -0.05) is 30.3 Å². The zero-order valence-electron chi connectivity index (χ0n) is 15.7. The number of rotatable bonds is 6. The van der Waals surface area contributed by atoms with Crippen LogP contribution in [0.2, 0.25) is 0 Å². The predicted molar refractivity (Wildman–Crippen MR) is 105 cm³/mol. The minimum Gasteiger partial charge on any atom is -0.508 e. The zero-order chi connectivity index (χ0) is 21.9. The lowest BCUT2D eigenvalue weighted by atomic mass is 9.91. The Morgan fingerprint density at radius 1 is 0.867 bits per heavy atom. The fourth-order valence-electron chi connectivity index (χ4n) is 3.33. The van der Waals surface area contributed by atoms with Gasteiger partial charge in [0.15, 0.2) is 0 Å². The number of hydrogen-bond donors (Lipinski definition) is 2. The number of aryl methyl sites for hydroxylation is 1. The van der Waals surface area contributed by atoms with Crippen LogP contribution >= 0.6 is 0 Å². The number of alkyl halides is 4. The summed E-state index contributed by atoms with van der Waals surface area (Å²) < 4.78 is 52.8. The van der Waals surface area contributed by atoms with Gasteiger partial charge >= 0.3 is 12.1 Å². The van der Waals surface area contributed by atoms with Crippen LogP contribution in [0.3, 0.4) is 0 Å². The Bertz CT molecular complexity index is 1070. The molecule has 0 amide bonds. The van der Waals surface area contributed by atoms with Gasteiger partial charge in [-0.05, 0) is 70.1 Å². The second-order valence-electron chi connectivity index (χ2n) is 6.82. The molecule has 0 bridgehead atoms. The Labute approximate surface area is 170 Å². The third kappa shape index (κ3) is 4.79. The molecule has 3 aromatic carbocycles. The van der Waals surface area contributed by atoms with Crippen molar-refractivity contribution >= 4 is 5.97 Å². The highest BCUT2D eigenvalue weighted by Gasteiger charge is 2.30. The van der Waals surface area contributed by atoms with Gasteiger partial charge in [0.2, 0.25) is 0 Å². The average molecular weight is 418 g/mol. The highest BCUT2D eigenvalue weighted by atomic mass is 19.4. The van der Waals surface area contributed by atoms with Crippen LogP contribution in [0.1, 0.15) is 23.1 Å². The summed E-state index contributed by atoms with van der Waals surface area (Å²) in [5.41, 5.74) is 1.78. The molecule has 0 aliphatic heterocycles. The molecule has 0 unspecified atom stereocenters.